The van der Waals surface area contributed by atoms with Gasteiger partial charge in [0.25, 0.3) is 0 Å². The molecule has 0 spiro atoms. The summed E-state index contributed by atoms with van der Waals surface area (Å²) >= 11 is 0. The SMILES string of the molecule is Cc1cccc(CCCNCCCN2CCCCC2)c1. The van der Waals surface area contributed by atoms with Crippen LogP contribution in [0.5, 0.6) is 0 Å². The summed E-state index contributed by atoms with van der Waals surface area (Å²) < 4.78 is 0. The molecular formula is C18H30N2. The smallest absolute Gasteiger partial charge is 0.000664 e. The molecular weight excluding hydrogens is 244 g/mol. The molecule has 0 saturated carbocycles. The summed E-state index contributed by atoms with van der Waals surface area (Å²) in [5.41, 5.74) is 2.84. The van der Waals surface area contributed by atoms with Crippen LogP contribution in [0.25, 0.3) is 0 Å². The highest BCUT2D eigenvalue weighted by molar-refractivity contribution is 5.22. The number of piperidine rings is 1. The Morgan fingerprint density at radius 2 is 1.85 bits per heavy atom. The highest BCUT2D eigenvalue weighted by Crippen LogP contribution is 2.08. The fourth-order valence-corrected chi connectivity index (χ4v) is 3.02. The Hall–Kier alpha value is -0.860. The van der Waals surface area contributed by atoms with Gasteiger partial charge in [-0.25, -0.2) is 0 Å². The number of benzene rings is 1. The summed E-state index contributed by atoms with van der Waals surface area (Å²) in [4.78, 5) is 2.62. The van der Waals surface area contributed by atoms with Crippen LogP contribution in [0.2, 0.25) is 0 Å². The highest BCUT2D eigenvalue weighted by atomic mass is 15.1. The van der Waals surface area contributed by atoms with E-state index in [1.54, 1.807) is 0 Å². The molecule has 0 aliphatic carbocycles. The topological polar surface area (TPSA) is 15.3 Å². The van der Waals surface area contributed by atoms with E-state index in [4.69, 9.17) is 0 Å². The lowest BCUT2D eigenvalue weighted by molar-refractivity contribution is 0.226. The Kier molecular flexibility index (Phi) is 7.10. The molecule has 0 amide bonds. The molecule has 0 atom stereocenters. The normalized spacial score (nSPS) is 16.4. The van der Waals surface area contributed by atoms with Crippen LogP contribution in [0, 0.1) is 6.92 Å². The molecule has 1 fully saturated rings. The van der Waals surface area contributed by atoms with Crippen LogP contribution in [0.3, 0.4) is 0 Å². The van der Waals surface area contributed by atoms with E-state index in [1.165, 1.54) is 75.8 Å². The average molecular weight is 274 g/mol. The fourth-order valence-electron chi connectivity index (χ4n) is 3.02. The van der Waals surface area contributed by atoms with Crippen LogP contribution in [-0.2, 0) is 6.42 Å². The highest BCUT2D eigenvalue weighted by Gasteiger charge is 2.08. The molecule has 112 valence electrons. The molecule has 1 aliphatic heterocycles. The summed E-state index contributed by atoms with van der Waals surface area (Å²) in [6.45, 7) is 8.42. The Morgan fingerprint density at radius 3 is 2.65 bits per heavy atom. The van der Waals surface area contributed by atoms with Crippen molar-refractivity contribution in [3.8, 4) is 0 Å². The van der Waals surface area contributed by atoms with Gasteiger partial charge in [-0.15, -0.1) is 0 Å². The van der Waals surface area contributed by atoms with Gasteiger partial charge in [-0.1, -0.05) is 36.2 Å². The Balaban J connectivity index is 1.45. The first kappa shape index (κ1) is 15.5. The van der Waals surface area contributed by atoms with Crippen molar-refractivity contribution in [2.75, 3.05) is 32.7 Å². The maximum atomic E-state index is 3.58. The van der Waals surface area contributed by atoms with Crippen LogP contribution in [0.1, 0.15) is 43.2 Å². The van der Waals surface area contributed by atoms with Gasteiger partial charge in [0.1, 0.15) is 0 Å². The van der Waals surface area contributed by atoms with Gasteiger partial charge in [0.05, 0.1) is 0 Å². The monoisotopic (exact) mass is 274 g/mol. The van der Waals surface area contributed by atoms with E-state index < -0.39 is 0 Å². The average Bonchev–Trinajstić information content (AvgIpc) is 2.47. The quantitative estimate of drug-likeness (QED) is 0.731. The second kappa shape index (κ2) is 9.15. The van der Waals surface area contributed by atoms with Crippen LogP contribution in [-0.4, -0.2) is 37.6 Å². The minimum Gasteiger partial charge on any atom is -0.317 e. The largest absolute Gasteiger partial charge is 0.317 e. The number of hydrogen-bond donors (Lipinski definition) is 1. The van der Waals surface area contributed by atoms with Crippen molar-refractivity contribution in [3.63, 3.8) is 0 Å². The van der Waals surface area contributed by atoms with Crippen LogP contribution in [0.15, 0.2) is 24.3 Å². The van der Waals surface area contributed by atoms with E-state index in [-0.39, 0.29) is 0 Å². The Labute approximate surface area is 124 Å². The number of nitrogens with zero attached hydrogens (tertiary/aromatic N) is 1. The van der Waals surface area contributed by atoms with Gasteiger partial charge >= 0.3 is 0 Å². The first-order valence-corrected chi connectivity index (χ1v) is 8.33. The van der Waals surface area contributed by atoms with Gasteiger partial charge in [0.15, 0.2) is 0 Å². The lowest BCUT2D eigenvalue weighted by atomic mass is 10.1. The van der Waals surface area contributed by atoms with E-state index in [9.17, 15) is 0 Å². The number of likely N-dealkylation sites (tertiary alicyclic amines) is 1. The van der Waals surface area contributed by atoms with Crippen molar-refractivity contribution in [3.05, 3.63) is 35.4 Å². The molecule has 1 saturated heterocycles. The van der Waals surface area contributed by atoms with Gasteiger partial charge in [-0.3, -0.25) is 0 Å². The van der Waals surface area contributed by atoms with Crippen molar-refractivity contribution >= 4 is 0 Å². The lowest BCUT2D eigenvalue weighted by Crippen LogP contribution is -2.32. The minimum absolute atomic E-state index is 1.15. The number of nitrogens with one attached hydrogen (secondary N) is 1. The summed E-state index contributed by atoms with van der Waals surface area (Å²) in [7, 11) is 0. The van der Waals surface area contributed by atoms with Gasteiger partial charge in [0, 0.05) is 0 Å². The molecule has 0 unspecified atom stereocenters. The summed E-state index contributed by atoms with van der Waals surface area (Å²) in [6, 6.07) is 8.87. The minimum atomic E-state index is 1.15. The van der Waals surface area contributed by atoms with E-state index in [0.29, 0.717) is 0 Å². The molecule has 1 aromatic carbocycles. The van der Waals surface area contributed by atoms with Gasteiger partial charge in [-0.05, 0) is 77.3 Å². The molecule has 1 heterocycles. The zero-order chi connectivity index (χ0) is 14.0. The standard InChI is InChI=1S/C18H30N2/c1-17-8-5-9-18(16-17)10-6-11-19-12-7-15-20-13-3-2-4-14-20/h5,8-9,16,19H,2-4,6-7,10-15H2,1H3. The van der Waals surface area contributed by atoms with E-state index in [1.807, 2.05) is 0 Å². The summed E-state index contributed by atoms with van der Waals surface area (Å²) in [5, 5.41) is 3.58. The van der Waals surface area contributed by atoms with Gasteiger partial charge in [0.2, 0.25) is 0 Å². The van der Waals surface area contributed by atoms with Crippen molar-refractivity contribution < 1.29 is 0 Å². The Bertz CT molecular complexity index is 369. The summed E-state index contributed by atoms with van der Waals surface area (Å²) in [6.07, 6.45) is 7.99. The number of aryl methyl sites for hydroxylation is 2. The predicted octanol–water partition coefficient (Wildman–Crippen LogP) is 3.39. The molecule has 0 radical (unpaired) electrons. The van der Waals surface area contributed by atoms with Crippen LogP contribution in [0.4, 0.5) is 0 Å². The molecule has 0 aromatic heterocycles. The third-order valence-corrected chi connectivity index (χ3v) is 4.18. The molecule has 20 heavy (non-hydrogen) atoms. The second-order valence-electron chi connectivity index (χ2n) is 6.10. The van der Waals surface area contributed by atoms with Gasteiger partial charge in [-0.2, -0.15) is 0 Å². The van der Waals surface area contributed by atoms with E-state index in [2.05, 4.69) is 41.4 Å². The number of rotatable bonds is 8. The van der Waals surface area contributed by atoms with Crippen molar-refractivity contribution in [2.45, 2.75) is 45.4 Å². The maximum absolute atomic E-state index is 3.58. The first-order valence-electron chi connectivity index (χ1n) is 8.33. The van der Waals surface area contributed by atoms with Crippen LogP contribution < -0.4 is 5.32 Å². The lowest BCUT2D eigenvalue weighted by Gasteiger charge is -2.26. The van der Waals surface area contributed by atoms with Gasteiger partial charge < -0.3 is 10.2 Å². The van der Waals surface area contributed by atoms with Crippen molar-refractivity contribution in [1.82, 2.24) is 10.2 Å². The first-order chi connectivity index (χ1) is 9.84. The molecule has 2 nitrogen and oxygen atoms in total. The molecule has 1 aromatic rings. The molecule has 2 rings (SSSR count). The third kappa shape index (κ3) is 6.06. The van der Waals surface area contributed by atoms with Crippen molar-refractivity contribution in [1.29, 1.82) is 0 Å². The maximum Gasteiger partial charge on any atom is -0.000664 e. The molecule has 0 bridgehead atoms. The summed E-state index contributed by atoms with van der Waals surface area (Å²) in [5.74, 6) is 0. The zero-order valence-electron chi connectivity index (χ0n) is 13.0. The van der Waals surface area contributed by atoms with Crippen LogP contribution >= 0.6 is 0 Å². The fraction of sp³-hybridized carbons (Fsp3) is 0.667. The van der Waals surface area contributed by atoms with E-state index >= 15 is 0 Å². The third-order valence-electron chi connectivity index (χ3n) is 4.18. The second-order valence-corrected chi connectivity index (χ2v) is 6.10. The zero-order valence-corrected chi connectivity index (χ0v) is 13.0. The Morgan fingerprint density at radius 1 is 1.05 bits per heavy atom. The predicted molar refractivity (Wildman–Crippen MR) is 87.3 cm³/mol. The molecule has 1 N–H and O–H groups in total. The number of hydrogen-bond acceptors (Lipinski definition) is 2. The molecule has 1 aliphatic rings. The molecule has 2 heteroatoms. The van der Waals surface area contributed by atoms with Crippen molar-refractivity contribution in [2.24, 2.45) is 0 Å². The van der Waals surface area contributed by atoms with E-state index in [0.717, 1.165) is 6.54 Å².